The smallest absolute Gasteiger partial charge is 0.129 e. The number of hydrogen-bond acceptors (Lipinski definition) is 12. The van der Waals surface area contributed by atoms with Crippen LogP contribution in [0.2, 0.25) is 0 Å². The van der Waals surface area contributed by atoms with Crippen LogP contribution in [-0.2, 0) is 32.7 Å². The SMILES string of the molecule is [B]P(I)c1cc(CNCCN)c(O)c(CNCCN)c1.[B]P(I)c1ccc(O)c(CNCCN)c1.[B]P(I)c1ccc(O)c(CNCCNCc2cc(P([B])I)ccc2O)c1. The van der Waals surface area contributed by atoms with Crippen LogP contribution < -0.4 is 65.0 Å². The van der Waals surface area contributed by atoms with Crippen molar-refractivity contribution in [2.45, 2.75) is 32.7 Å². The molecule has 4 rings (SSSR count). The van der Waals surface area contributed by atoms with E-state index in [0.717, 1.165) is 68.7 Å². The van der Waals surface area contributed by atoms with E-state index in [1.165, 1.54) is 0 Å². The molecule has 4 atom stereocenters. The Morgan fingerprint density at radius 3 is 0.902 bits per heavy atom. The predicted octanol–water partition coefficient (Wildman–Crippen LogP) is 4.07. The van der Waals surface area contributed by atoms with E-state index >= 15 is 0 Å². The molecule has 0 aliphatic heterocycles. The van der Waals surface area contributed by atoms with E-state index in [-0.39, 0.29) is 11.5 Å². The summed E-state index contributed by atoms with van der Waals surface area (Å²) in [5, 5.41) is 60.2. The Balaban J connectivity index is 0.000000328. The molecule has 15 N–H and O–H groups in total. The van der Waals surface area contributed by atoms with Gasteiger partial charge in [0.1, 0.15) is 53.3 Å². The first-order chi connectivity index (χ1) is 29.1. The van der Waals surface area contributed by atoms with Gasteiger partial charge in [0.15, 0.2) is 0 Å². The highest BCUT2D eigenvalue weighted by Crippen LogP contribution is 2.41. The molecule has 0 saturated heterocycles. The maximum absolute atomic E-state index is 10.3. The van der Waals surface area contributed by atoms with Crippen LogP contribution in [0.1, 0.15) is 27.8 Å². The lowest BCUT2D eigenvalue weighted by Crippen LogP contribution is -2.27. The van der Waals surface area contributed by atoms with Gasteiger partial charge in [-0.25, -0.2) is 0 Å². The van der Waals surface area contributed by atoms with Crippen molar-refractivity contribution in [3.8, 4) is 23.0 Å². The van der Waals surface area contributed by atoms with Crippen LogP contribution in [0.25, 0.3) is 0 Å². The normalized spacial score (nSPS) is 13.0. The molecule has 0 aliphatic rings. The number of halogens is 4. The van der Waals surface area contributed by atoms with E-state index in [1.807, 2.05) is 48.5 Å². The Morgan fingerprint density at radius 1 is 0.393 bits per heavy atom. The van der Waals surface area contributed by atoms with Gasteiger partial charge in [-0.3, -0.25) is 0 Å². The minimum atomic E-state index is -0.724. The van der Waals surface area contributed by atoms with E-state index in [0.29, 0.717) is 76.9 Å². The van der Waals surface area contributed by atoms with E-state index in [9.17, 15) is 20.4 Å². The first kappa shape index (κ1) is 57.8. The average Bonchev–Trinajstić information content (AvgIpc) is 3.22. The Morgan fingerprint density at radius 2 is 0.639 bits per heavy atom. The number of phenolic OH excluding ortho intramolecular Hbond substituents is 4. The summed E-state index contributed by atoms with van der Waals surface area (Å²) in [6, 6.07) is 20.4. The summed E-state index contributed by atoms with van der Waals surface area (Å²) in [6.07, 6.45) is 0. The van der Waals surface area contributed by atoms with Crippen LogP contribution in [0.15, 0.2) is 66.7 Å². The van der Waals surface area contributed by atoms with Crippen molar-refractivity contribution in [2.75, 3.05) is 52.4 Å². The van der Waals surface area contributed by atoms with Crippen LogP contribution in [0, 0.1) is 0 Å². The molecule has 0 aromatic heterocycles. The van der Waals surface area contributed by atoms with Crippen molar-refractivity contribution in [3.05, 3.63) is 94.5 Å². The second kappa shape index (κ2) is 33.2. The van der Waals surface area contributed by atoms with Gasteiger partial charge < -0.3 is 64.2 Å². The lowest BCUT2D eigenvalue weighted by atomic mass is 10.1. The van der Waals surface area contributed by atoms with Gasteiger partial charge in [-0.05, 0) is 69.7 Å². The lowest BCUT2D eigenvalue weighted by Gasteiger charge is -2.15. The van der Waals surface area contributed by atoms with Gasteiger partial charge in [-0.1, -0.05) is 128 Å². The molecule has 24 heteroatoms. The fourth-order valence-corrected chi connectivity index (χ4v) is 10.9. The Hall–Kier alpha value is 0.660. The number of aromatic hydroxyl groups is 4. The fraction of sp³-hybridized carbons (Fsp3) is 0.351. The lowest BCUT2D eigenvalue weighted by molar-refractivity contribution is 0.455. The largest absolute Gasteiger partial charge is 0.508 e. The molecule has 0 aliphatic carbocycles. The van der Waals surface area contributed by atoms with Crippen LogP contribution in [0.4, 0.5) is 0 Å². The fourth-order valence-electron chi connectivity index (χ4n) is 5.27. The molecule has 61 heavy (non-hydrogen) atoms. The van der Waals surface area contributed by atoms with Crippen LogP contribution in [0.3, 0.4) is 0 Å². The molecule has 4 unspecified atom stereocenters. The topological polar surface area (TPSA) is 219 Å². The molecule has 324 valence electrons. The standard InChI is InChI=1S/C16H18B2I2N2O2P2.C12H21BIN4OP.C9H13BIN2OP/c17-25(19)13-1-3-15(23)11(7-13)9-21-5-6-22-10-12-8-14(26(18)20)2-4-16(12)24;13-20(14)11-5-9(7-17-3-1-15)12(19)10(6-11)8-18-4-2-16;10-15(11)8-1-2-9(14)7(5-8)6-13-4-3-12/h1-4,7-8,21-24H,5-6,9-10H2;5-6,17-19H,1-4,7-8,15-16H2;1-2,5,13-14H,3-4,6,12H2. The molecular formula is C37H52B4I4N8O4P4. The highest BCUT2D eigenvalue weighted by Gasteiger charge is 2.13. The molecule has 0 heterocycles. The number of hydrogen-bond donors (Lipinski definition) is 12. The zero-order valence-electron chi connectivity index (χ0n) is 33.7. The van der Waals surface area contributed by atoms with Gasteiger partial charge in [0.25, 0.3) is 0 Å². The zero-order chi connectivity index (χ0) is 45.3. The summed E-state index contributed by atoms with van der Waals surface area (Å²) in [5.41, 5.74) is 17.8. The summed E-state index contributed by atoms with van der Waals surface area (Å²) in [7, 11) is 23.7. The third kappa shape index (κ3) is 22.8. The minimum Gasteiger partial charge on any atom is -0.508 e. The molecule has 4 aromatic rings. The van der Waals surface area contributed by atoms with E-state index in [4.69, 9.17) is 47.5 Å². The highest BCUT2D eigenvalue weighted by atomic mass is 127. The summed E-state index contributed by atoms with van der Waals surface area (Å²) in [5.74, 6) is 1.18. The van der Waals surface area contributed by atoms with Crippen molar-refractivity contribution < 1.29 is 20.4 Å². The first-order valence-corrected chi connectivity index (χ1v) is 35.7. The van der Waals surface area contributed by atoms with Crippen molar-refractivity contribution in [3.63, 3.8) is 0 Å². The molecule has 0 bridgehead atoms. The molecule has 0 fully saturated rings. The summed E-state index contributed by atoms with van der Waals surface area (Å²) in [4.78, 5) is 0. The summed E-state index contributed by atoms with van der Waals surface area (Å²) >= 11 is 8.85. The number of nitrogens with one attached hydrogen (secondary N) is 5. The molecule has 4 aromatic carbocycles. The predicted molar refractivity (Wildman–Crippen MR) is 303 cm³/mol. The Kier molecular flexibility index (Phi) is 31.4. The van der Waals surface area contributed by atoms with Gasteiger partial charge in [0, 0.05) is 113 Å². The molecule has 0 saturated carbocycles. The number of phenols is 4. The van der Waals surface area contributed by atoms with Gasteiger partial charge in [0.2, 0.25) is 0 Å². The van der Waals surface area contributed by atoms with Crippen LogP contribution >= 0.6 is 110 Å². The van der Waals surface area contributed by atoms with Crippen LogP contribution in [0.5, 0.6) is 23.0 Å². The van der Waals surface area contributed by atoms with Gasteiger partial charge in [0.05, 0.1) is 0 Å². The highest BCUT2D eigenvalue weighted by molar-refractivity contribution is 14.2. The maximum atomic E-state index is 10.3. The third-order valence-electron chi connectivity index (χ3n) is 8.45. The molecule has 0 spiro atoms. The quantitative estimate of drug-likeness (QED) is 0.0219. The second-order valence-electron chi connectivity index (χ2n) is 13.0. The second-order valence-corrected chi connectivity index (χ2v) is 30.1. The number of nitrogens with two attached hydrogens (primary N) is 3. The monoisotopic (exact) mass is 1350 g/mol. The van der Waals surface area contributed by atoms with E-state index < -0.39 is 21.8 Å². The van der Waals surface area contributed by atoms with Gasteiger partial charge in [-0.15, -0.1) is 0 Å². The maximum Gasteiger partial charge on any atom is 0.129 e. The van der Waals surface area contributed by atoms with Crippen molar-refractivity contribution in [1.82, 2.24) is 26.6 Å². The third-order valence-corrected chi connectivity index (χ3v) is 18.2. The van der Waals surface area contributed by atoms with E-state index in [1.54, 1.807) is 18.2 Å². The zero-order valence-corrected chi connectivity index (χ0v) is 45.9. The minimum absolute atomic E-state index is 0.279. The van der Waals surface area contributed by atoms with Crippen molar-refractivity contribution in [1.29, 1.82) is 0 Å². The van der Waals surface area contributed by atoms with Crippen LogP contribution in [-0.4, -0.2) is 103 Å². The molecule has 0 amide bonds. The summed E-state index contributed by atoms with van der Waals surface area (Å²) < 4.78 is 0. The van der Waals surface area contributed by atoms with Gasteiger partial charge in [-0.2, -0.15) is 0 Å². The number of benzene rings is 4. The first-order valence-electron chi connectivity index (χ1n) is 18.9. The molecule has 12 nitrogen and oxygen atoms in total. The molecular weight excluding hydrogens is 1300 g/mol. The summed E-state index contributed by atoms with van der Waals surface area (Å²) in [6.45, 7) is 8.33. The molecule has 8 radical (unpaired) electrons. The number of rotatable bonds is 23. The Bertz CT molecular complexity index is 1800. The van der Waals surface area contributed by atoms with E-state index in [2.05, 4.69) is 115 Å². The Labute approximate surface area is 423 Å². The van der Waals surface area contributed by atoms with Crippen molar-refractivity contribution in [2.24, 2.45) is 17.2 Å². The van der Waals surface area contributed by atoms with Gasteiger partial charge >= 0.3 is 0 Å². The average molecular weight is 1350 g/mol. The van der Waals surface area contributed by atoms with Crippen molar-refractivity contribution >= 4 is 161 Å².